The smallest absolute Gasteiger partial charge is 0.423 e. The summed E-state index contributed by atoms with van der Waals surface area (Å²) in [6.07, 6.45) is 0. The van der Waals surface area contributed by atoms with Gasteiger partial charge in [-0.2, -0.15) is 0 Å². The Morgan fingerprint density at radius 1 is 1.00 bits per heavy atom. The third-order valence-corrected chi connectivity index (χ3v) is 2.40. The molecule has 0 radical (unpaired) electrons. The van der Waals surface area contributed by atoms with Crippen molar-refractivity contribution in [2.75, 3.05) is 0 Å². The van der Waals surface area contributed by atoms with Crippen LogP contribution >= 0.6 is 0 Å². The van der Waals surface area contributed by atoms with Crippen molar-refractivity contribution in [2.45, 2.75) is 6.85 Å². The first kappa shape index (κ1) is 7.66. The largest absolute Gasteiger partial charge is 0.488 e. The molecular formula is C13H13BO2. The van der Waals surface area contributed by atoms with Crippen LogP contribution in [0.4, 0.5) is 0 Å². The van der Waals surface area contributed by atoms with E-state index in [0.29, 0.717) is 5.46 Å². The van der Waals surface area contributed by atoms with Crippen LogP contribution in [0.1, 0.15) is 9.68 Å². The second-order valence-corrected chi connectivity index (χ2v) is 3.58. The average Bonchev–Trinajstić information content (AvgIpc) is 2.38. The van der Waals surface area contributed by atoms with Crippen LogP contribution in [0, 0.1) is 6.85 Å². The molecule has 2 rings (SSSR count). The second-order valence-electron chi connectivity index (χ2n) is 3.58. The topological polar surface area (TPSA) is 40.5 Å². The van der Waals surface area contributed by atoms with Gasteiger partial charge in [0.25, 0.3) is 0 Å². The predicted molar refractivity (Wildman–Crippen MR) is 66.4 cm³/mol. The Morgan fingerprint density at radius 3 is 2.38 bits per heavy atom. The zero-order chi connectivity index (χ0) is 14.0. The van der Waals surface area contributed by atoms with Crippen molar-refractivity contribution in [3.05, 3.63) is 54.1 Å². The summed E-state index contributed by atoms with van der Waals surface area (Å²) in [4.78, 5) is 0. The predicted octanol–water partition coefficient (Wildman–Crippen LogP) is 1.34. The van der Waals surface area contributed by atoms with Crippen LogP contribution in [0.25, 0.3) is 11.1 Å². The standard InChI is InChI=1S/C13H13BO2/c1-10-5-7-11(8-6-10)12-3-2-4-13(9-12)14(15)16/h2-9,15-16H,1H3/i1D3. The quantitative estimate of drug-likeness (QED) is 0.742. The molecule has 0 aliphatic rings. The summed E-state index contributed by atoms with van der Waals surface area (Å²) in [6.45, 7) is -2.11. The van der Waals surface area contributed by atoms with Crippen molar-refractivity contribution < 1.29 is 14.2 Å². The van der Waals surface area contributed by atoms with Crippen molar-refractivity contribution in [3.63, 3.8) is 0 Å². The van der Waals surface area contributed by atoms with Gasteiger partial charge in [0, 0.05) is 4.11 Å². The number of rotatable bonds is 2. The molecule has 80 valence electrons. The SMILES string of the molecule is [2H]C([2H])([2H])c1ccc(-c2cccc(B(O)O)c2)cc1. The first-order valence-electron chi connectivity index (χ1n) is 6.45. The minimum atomic E-state index is -2.11. The van der Waals surface area contributed by atoms with Gasteiger partial charge in [-0.15, -0.1) is 0 Å². The maximum atomic E-state index is 9.13. The van der Waals surface area contributed by atoms with Crippen LogP contribution in [0.3, 0.4) is 0 Å². The highest BCUT2D eigenvalue weighted by atomic mass is 16.4. The second kappa shape index (κ2) is 4.52. The highest BCUT2D eigenvalue weighted by Gasteiger charge is 2.10. The Balaban J connectivity index is 2.35. The van der Waals surface area contributed by atoms with E-state index in [0.717, 1.165) is 11.1 Å². The number of aryl methyl sites for hydroxylation is 1. The van der Waals surface area contributed by atoms with E-state index in [2.05, 4.69) is 0 Å². The molecule has 0 heterocycles. The molecule has 0 aromatic heterocycles. The molecule has 16 heavy (non-hydrogen) atoms. The molecule has 0 fully saturated rings. The lowest BCUT2D eigenvalue weighted by Gasteiger charge is -2.05. The van der Waals surface area contributed by atoms with E-state index < -0.39 is 14.0 Å². The van der Waals surface area contributed by atoms with E-state index in [1.807, 2.05) is 6.07 Å². The number of hydrogen-bond donors (Lipinski definition) is 2. The molecule has 0 atom stereocenters. The van der Waals surface area contributed by atoms with Gasteiger partial charge in [0.1, 0.15) is 0 Å². The Bertz CT molecular complexity index is 565. The Kier molecular flexibility index (Phi) is 2.16. The summed E-state index contributed by atoms with van der Waals surface area (Å²) in [5, 5.41) is 18.3. The lowest BCUT2D eigenvalue weighted by molar-refractivity contribution is 0.426. The molecule has 0 spiro atoms. The lowest BCUT2D eigenvalue weighted by atomic mass is 9.79. The first-order chi connectivity index (χ1) is 8.88. The van der Waals surface area contributed by atoms with Crippen LogP contribution in [0.2, 0.25) is 0 Å². The van der Waals surface area contributed by atoms with Crippen LogP contribution < -0.4 is 5.46 Å². The molecule has 2 aromatic rings. The summed E-state index contributed by atoms with van der Waals surface area (Å²) >= 11 is 0. The molecule has 0 saturated heterocycles. The van der Waals surface area contributed by atoms with Gasteiger partial charge in [0.15, 0.2) is 0 Å². The molecule has 2 aromatic carbocycles. The van der Waals surface area contributed by atoms with Crippen molar-refractivity contribution >= 4 is 12.6 Å². The van der Waals surface area contributed by atoms with Gasteiger partial charge < -0.3 is 10.0 Å². The van der Waals surface area contributed by atoms with Crippen LogP contribution in [0.15, 0.2) is 48.5 Å². The van der Waals surface area contributed by atoms with Crippen LogP contribution in [-0.4, -0.2) is 17.2 Å². The summed E-state index contributed by atoms with van der Waals surface area (Å²) in [7, 11) is -1.51. The zero-order valence-electron chi connectivity index (χ0n) is 11.6. The van der Waals surface area contributed by atoms with Crippen molar-refractivity contribution in [1.29, 1.82) is 0 Å². The third kappa shape index (κ3) is 2.32. The van der Waals surface area contributed by atoms with Crippen molar-refractivity contribution in [2.24, 2.45) is 0 Å². The summed E-state index contributed by atoms with van der Waals surface area (Å²) in [5.74, 6) is 0. The molecule has 0 saturated carbocycles. The lowest BCUT2D eigenvalue weighted by Crippen LogP contribution is -2.29. The van der Waals surface area contributed by atoms with E-state index in [9.17, 15) is 0 Å². The molecule has 3 heteroatoms. The van der Waals surface area contributed by atoms with E-state index in [-0.39, 0.29) is 5.56 Å². The van der Waals surface area contributed by atoms with Gasteiger partial charge in [-0.3, -0.25) is 0 Å². The first-order valence-corrected chi connectivity index (χ1v) is 4.95. The van der Waals surface area contributed by atoms with E-state index >= 15 is 0 Å². The normalized spacial score (nSPS) is 13.8. The van der Waals surface area contributed by atoms with E-state index in [1.165, 1.54) is 0 Å². The van der Waals surface area contributed by atoms with Gasteiger partial charge in [-0.1, -0.05) is 54.1 Å². The summed E-state index contributed by atoms with van der Waals surface area (Å²) in [5.41, 5.74) is 2.32. The zero-order valence-corrected chi connectivity index (χ0v) is 8.59. The maximum Gasteiger partial charge on any atom is 0.488 e. The third-order valence-electron chi connectivity index (χ3n) is 2.40. The van der Waals surface area contributed by atoms with E-state index in [1.54, 1.807) is 42.5 Å². The van der Waals surface area contributed by atoms with Crippen molar-refractivity contribution in [1.82, 2.24) is 0 Å². The molecule has 0 aliphatic carbocycles. The highest BCUT2D eigenvalue weighted by molar-refractivity contribution is 6.58. The fourth-order valence-corrected chi connectivity index (χ4v) is 1.54. The molecule has 0 aliphatic heterocycles. The van der Waals surface area contributed by atoms with Crippen molar-refractivity contribution in [3.8, 4) is 11.1 Å². The number of hydrogen-bond acceptors (Lipinski definition) is 2. The monoisotopic (exact) mass is 215 g/mol. The highest BCUT2D eigenvalue weighted by Crippen LogP contribution is 2.18. The Hall–Kier alpha value is -1.58. The summed E-state index contributed by atoms with van der Waals surface area (Å²) < 4.78 is 21.9. The molecule has 2 N–H and O–H groups in total. The van der Waals surface area contributed by atoms with Gasteiger partial charge in [-0.25, -0.2) is 0 Å². The van der Waals surface area contributed by atoms with Gasteiger partial charge >= 0.3 is 7.12 Å². The van der Waals surface area contributed by atoms with E-state index in [4.69, 9.17) is 14.2 Å². The fraction of sp³-hybridized carbons (Fsp3) is 0.0769. The van der Waals surface area contributed by atoms with Crippen LogP contribution in [0.5, 0.6) is 0 Å². The molecule has 0 bridgehead atoms. The Labute approximate surface area is 99.5 Å². The molecule has 0 unspecified atom stereocenters. The fourth-order valence-electron chi connectivity index (χ4n) is 1.54. The maximum absolute atomic E-state index is 9.13. The summed E-state index contributed by atoms with van der Waals surface area (Å²) in [6, 6.07) is 13.4. The molecule has 0 amide bonds. The van der Waals surface area contributed by atoms with Crippen LogP contribution in [-0.2, 0) is 0 Å². The molecular weight excluding hydrogens is 199 g/mol. The number of benzene rings is 2. The minimum absolute atomic E-state index is 0.287. The van der Waals surface area contributed by atoms with Gasteiger partial charge in [0.2, 0.25) is 0 Å². The Morgan fingerprint density at radius 2 is 1.75 bits per heavy atom. The molecule has 2 nitrogen and oxygen atoms in total. The minimum Gasteiger partial charge on any atom is -0.423 e. The van der Waals surface area contributed by atoms with Gasteiger partial charge in [-0.05, 0) is 23.4 Å². The van der Waals surface area contributed by atoms with Gasteiger partial charge in [0.05, 0.1) is 0 Å². The average molecular weight is 215 g/mol.